The van der Waals surface area contributed by atoms with Crippen LogP contribution < -0.4 is 10.1 Å². The molecule has 1 aromatic heterocycles. The number of anilines is 1. The summed E-state index contributed by atoms with van der Waals surface area (Å²) in [6.07, 6.45) is 2.08. The Bertz CT molecular complexity index is 787. The number of carbonyl (C=O) groups is 2. The number of esters is 1. The van der Waals surface area contributed by atoms with E-state index < -0.39 is 0 Å². The molecule has 0 radical (unpaired) electrons. The van der Waals surface area contributed by atoms with Gasteiger partial charge in [0, 0.05) is 4.88 Å². The summed E-state index contributed by atoms with van der Waals surface area (Å²) < 4.78 is 10.3. The Morgan fingerprint density at radius 2 is 2.16 bits per heavy atom. The van der Waals surface area contributed by atoms with Gasteiger partial charge in [0.15, 0.2) is 5.13 Å². The molecule has 0 spiro atoms. The van der Waals surface area contributed by atoms with Gasteiger partial charge in [-0.3, -0.25) is 14.9 Å². The van der Waals surface area contributed by atoms with Gasteiger partial charge in [-0.15, -0.1) is 11.3 Å². The maximum Gasteiger partial charge on any atom is 0.309 e. The molecule has 1 aliphatic rings. The van der Waals surface area contributed by atoms with Crippen LogP contribution in [0.1, 0.15) is 34.3 Å². The van der Waals surface area contributed by atoms with Gasteiger partial charge in [-0.05, 0) is 38.3 Å². The molecule has 7 heteroatoms. The van der Waals surface area contributed by atoms with E-state index in [0.29, 0.717) is 29.5 Å². The number of methoxy groups -OCH3 is 1. The molecule has 0 bridgehead atoms. The largest absolute Gasteiger partial charge is 0.496 e. The predicted molar refractivity (Wildman–Crippen MR) is 95.2 cm³/mol. The summed E-state index contributed by atoms with van der Waals surface area (Å²) in [5, 5.41) is 3.38. The third kappa shape index (κ3) is 3.82. The van der Waals surface area contributed by atoms with Crippen molar-refractivity contribution in [2.75, 3.05) is 19.0 Å². The van der Waals surface area contributed by atoms with Gasteiger partial charge in [0.1, 0.15) is 5.75 Å². The van der Waals surface area contributed by atoms with Gasteiger partial charge < -0.3 is 9.47 Å². The second-order valence-electron chi connectivity index (χ2n) is 5.74. The Morgan fingerprint density at radius 1 is 1.36 bits per heavy atom. The van der Waals surface area contributed by atoms with Crippen molar-refractivity contribution in [2.45, 2.75) is 26.2 Å². The van der Waals surface area contributed by atoms with E-state index in [-0.39, 0.29) is 17.8 Å². The van der Waals surface area contributed by atoms with E-state index in [1.165, 1.54) is 18.4 Å². The summed E-state index contributed by atoms with van der Waals surface area (Å²) in [5.74, 6) is -0.0130. The molecule has 1 N–H and O–H groups in total. The first-order chi connectivity index (χ1) is 12.1. The first kappa shape index (κ1) is 17.4. The van der Waals surface area contributed by atoms with Crippen molar-refractivity contribution in [3.05, 3.63) is 40.4 Å². The maximum absolute atomic E-state index is 12.5. The zero-order valence-electron chi connectivity index (χ0n) is 14.2. The second-order valence-corrected chi connectivity index (χ2v) is 6.82. The molecule has 1 aromatic carbocycles. The summed E-state index contributed by atoms with van der Waals surface area (Å²) in [6.45, 7) is 2.20. The zero-order valence-corrected chi connectivity index (χ0v) is 15.0. The Hall–Kier alpha value is -2.41. The van der Waals surface area contributed by atoms with E-state index in [9.17, 15) is 9.59 Å². The quantitative estimate of drug-likeness (QED) is 0.829. The number of fused-ring (bicyclic) bond motifs is 1. The minimum absolute atomic E-state index is 0.120. The summed E-state index contributed by atoms with van der Waals surface area (Å²) in [7, 11) is 1.53. The molecule has 0 saturated heterocycles. The number of carbonyl (C=O) groups excluding carboxylic acids is 2. The minimum Gasteiger partial charge on any atom is -0.496 e. The van der Waals surface area contributed by atoms with Crippen LogP contribution in [-0.2, 0) is 22.4 Å². The van der Waals surface area contributed by atoms with Crippen LogP contribution in [-0.4, -0.2) is 30.6 Å². The Labute approximate surface area is 150 Å². The van der Waals surface area contributed by atoms with Crippen molar-refractivity contribution in [3.63, 3.8) is 0 Å². The monoisotopic (exact) mass is 360 g/mol. The molecular formula is C18H20N2O4S. The van der Waals surface area contributed by atoms with Gasteiger partial charge in [-0.25, -0.2) is 4.98 Å². The fraction of sp³-hybridized carbons (Fsp3) is 0.389. The molecule has 25 heavy (non-hydrogen) atoms. The normalized spacial score (nSPS) is 16.0. The third-order valence-electron chi connectivity index (χ3n) is 4.13. The molecule has 0 fully saturated rings. The highest BCUT2D eigenvalue weighted by Gasteiger charge is 2.28. The number of nitrogens with one attached hydrogen (secondary N) is 1. The minimum atomic E-state index is -0.259. The van der Waals surface area contributed by atoms with Crippen molar-refractivity contribution >= 4 is 28.3 Å². The number of aryl methyl sites for hydroxylation is 1. The van der Waals surface area contributed by atoms with E-state index in [0.717, 1.165) is 23.4 Å². The van der Waals surface area contributed by atoms with Crippen LogP contribution in [0.4, 0.5) is 5.13 Å². The molecule has 0 aliphatic heterocycles. The summed E-state index contributed by atoms with van der Waals surface area (Å²) in [4.78, 5) is 29.9. The summed E-state index contributed by atoms with van der Waals surface area (Å²) >= 11 is 1.42. The number of para-hydroxylation sites is 1. The predicted octanol–water partition coefficient (Wildman–Crippen LogP) is 3.07. The highest BCUT2D eigenvalue weighted by molar-refractivity contribution is 7.15. The highest BCUT2D eigenvalue weighted by atomic mass is 32.1. The number of hydrogen-bond acceptors (Lipinski definition) is 6. The maximum atomic E-state index is 12.5. The molecular weight excluding hydrogens is 340 g/mol. The standard InChI is InChI=1S/C18H20N2O4S/c1-3-24-17(22)11-8-9-13-15(10-11)25-18(19-13)20-16(21)12-6-4-5-7-14(12)23-2/h4-7,11H,3,8-10H2,1-2H3,(H,19,20,21). The van der Waals surface area contributed by atoms with Crippen LogP contribution in [0.15, 0.2) is 24.3 Å². The van der Waals surface area contributed by atoms with Crippen molar-refractivity contribution in [2.24, 2.45) is 5.92 Å². The van der Waals surface area contributed by atoms with E-state index in [4.69, 9.17) is 9.47 Å². The molecule has 132 valence electrons. The topological polar surface area (TPSA) is 77.5 Å². The van der Waals surface area contributed by atoms with Crippen LogP contribution in [0, 0.1) is 5.92 Å². The molecule has 1 atom stereocenters. The lowest BCUT2D eigenvalue weighted by atomic mass is 9.91. The Morgan fingerprint density at radius 3 is 2.92 bits per heavy atom. The Balaban J connectivity index is 1.72. The molecule has 1 unspecified atom stereocenters. The van der Waals surface area contributed by atoms with Gasteiger partial charge in [-0.2, -0.15) is 0 Å². The lowest BCUT2D eigenvalue weighted by molar-refractivity contribution is -0.148. The Kier molecular flexibility index (Phi) is 5.33. The average molecular weight is 360 g/mol. The number of hydrogen-bond donors (Lipinski definition) is 1. The van der Waals surface area contributed by atoms with Crippen molar-refractivity contribution < 1.29 is 19.1 Å². The van der Waals surface area contributed by atoms with Crippen molar-refractivity contribution in [1.82, 2.24) is 4.98 Å². The highest BCUT2D eigenvalue weighted by Crippen LogP contribution is 2.33. The lowest BCUT2D eigenvalue weighted by Crippen LogP contribution is -2.24. The second kappa shape index (κ2) is 7.65. The zero-order chi connectivity index (χ0) is 17.8. The van der Waals surface area contributed by atoms with Crippen LogP contribution in [0.2, 0.25) is 0 Å². The number of thiazole rings is 1. The van der Waals surface area contributed by atoms with Crippen LogP contribution in [0.5, 0.6) is 5.75 Å². The smallest absolute Gasteiger partial charge is 0.309 e. The number of benzene rings is 1. The number of aromatic nitrogens is 1. The van der Waals surface area contributed by atoms with E-state index in [1.54, 1.807) is 18.2 Å². The number of nitrogens with zero attached hydrogens (tertiary/aromatic N) is 1. The van der Waals surface area contributed by atoms with Crippen molar-refractivity contribution in [3.8, 4) is 5.75 Å². The van der Waals surface area contributed by atoms with E-state index in [1.807, 2.05) is 13.0 Å². The third-order valence-corrected chi connectivity index (χ3v) is 5.17. The fourth-order valence-electron chi connectivity index (χ4n) is 2.89. The lowest BCUT2D eigenvalue weighted by Gasteiger charge is -2.18. The van der Waals surface area contributed by atoms with Crippen LogP contribution in [0.25, 0.3) is 0 Å². The molecule has 0 saturated carbocycles. The van der Waals surface area contributed by atoms with E-state index in [2.05, 4.69) is 10.3 Å². The van der Waals surface area contributed by atoms with Gasteiger partial charge in [-0.1, -0.05) is 12.1 Å². The van der Waals surface area contributed by atoms with Crippen LogP contribution >= 0.6 is 11.3 Å². The molecule has 2 aromatic rings. The SMILES string of the molecule is CCOC(=O)C1CCc2nc(NC(=O)c3ccccc3OC)sc2C1. The fourth-order valence-corrected chi connectivity index (χ4v) is 3.97. The van der Waals surface area contributed by atoms with E-state index >= 15 is 0 Å². The number of amides is 1. The van der Waals surface area contributed by atoms with Gasteiger partial charge in [0.2, 0.25) is 0 Å². The molecule has 3 rings (SSSR count). The molecule has 1 aliphatic carbocycles. The van der Waals surface area contributed by atoms with Gasteiger partial charge >= 0.3 is 5.97 Å². The van der Waals surface area contributed by atoms with Gasteiger partial charge in [0.05, 0.1) is 30.9 Å². The summed E-state index contributed by atoms with van der Waals surface area (Å²) in [5.41, 5.74) is 1.42. The van der Waals surface area contributed by atoms with Crippen LogP contribution in [0.3, 0.4) is 0 Å². The number of rotatable bonds is 5. The van der Waals surface area contributed by atoms with Gasteiger partial charge in [0.25, 0.3) is 5.91 Å². The average Bonchev–Trinajstić information content (AvgIpc) is 3.03. The first-order valence-electron chi connectivity index (χ1n) is 8.22. The molecule has 1 heterocycles. The van der Waals surface area contributed by atoms with Crippen molar-refractivity contribution in [1.29, 1.82) is 0 Å². The number of ether oxygens (including phenoxy) is 2. The summed E-state index contributed by atoms with van der Waals surface area (Å²) in [6, 6.07) is 7.05. The molecule has 6 nitrogen and oxygen atoms in total. The first-order valence-corrected chi connectivity index (χ1v) is 9.03. The molecule has 1 amide bonds.